The highest BCUT2D eigenvalue weighted by atomic mass is 15.5. The molecule has 1 rings (SSSR count). The summed E-state index contributed by atoms with van der Waals surface area (Å²) in [6.07, 6.45) is 7.46. The van der Waals surface area contributed by atoms with E-state index in [1.54, 1.807) is 5.01 Å². The van der Waals surface area contributed by atoms with Crippen LogP contribution in [-0.2, 0) is 0 Å². The molecule has 0 atom stereocenters. The van der Waals surface area contributed by atoms with Crippen LogP contribution in [0.1, 0.15) is 0 Å². The smallest absolute Gasteiger partial charge is 0.0582 e. The van der Waals surface area contributed by atoms with Crippen LogP contribution in [0.3, 0.4) is 0 Å². The number of nitrogens with one attached hydrogen (secondary N) is 1. The Bertz CT molecular complexity index is 105. The Hall–Kier alpha value is -0.920. The standard InChI is InChI=1S/C5H7N2/c1-7-5-3-2-4-6-7/h2-6H,1H2. The van der Waals surface area contributed by atoms with Crippen molar-refractivity contribution in [3.63, 3.8) is 0 Å². The molecule has 0 aromatic heterocycles. The van der Waals surface area contributed by atoms with Gasteiger partial charge in [0.25, 0.3) is 0 Å². The van der Waals surface area contributed by atoms with E-state index < -0.39 is 0 Å². The second kappa shape index (κ2) is 1.69. The molecule has 0 bridgehead atoms. The molecule has 0 saturated heterocycles. The zero-order chi connectivity index (χ0) is 5.11. The number of hydrazine groups is 1. The van der Waals surface area contributed by atoms with Crippen LogP contribution < -0.4 is 5.43 Å². The number of rotatable bonds is 0. The molecule has 0 saturated carbocycles. The number of hydrogen-bond acceptors (Lipinski definition) is 2. The third-order valence-corrected chi connectivity index (χ3v) is 0.714. The summed E-state index contributed by atoms with van der Waals surface area (Å²) in [6, 6.07) is 0. The molecule has 1 N–H and O–H groups in total. The molecule has 0 fully saturated rings. The predicted molar refractivity (Wildman–Crippen MR) is 28.6 cm³/mol. The molecule has 1 radical (unpaired) electrons. The van der Waals surface area contributed by atoms with Crippen LogP contribution in [0, 0.1) is 7.05 Å². The monoisotopic (exact) mass is 95.1 g/mol. The fraction of sp³-hybridized carbons (Fsp3) is 0. The summed E-state index contributed by atoms with van der Waals surface area (Å²) in [4.78, 5) is 0. The van der Waals surface area contributed by atoms with Crippen LogP contribution in [0.25, 0.3) is 0 Å². The SMILES string of the molecule is [CH2]N1C=CC=CN1. The van der Waals surface area contributed by atoms with Crippen LogP contribution in [-0.4, -0.2) is 5.01 Å². The van der Waals surface area contributed by atoms with Gasteiger partial charge >= 0.3 is 0 Å². The zero-order valence-electron chi connectivity index (χ0n) is 3.96. The lowest BCUT2D eigenvalue weighted by molar-refractivity contribution is 0.422. The second-order valence-corrected chi connectivity index (χ2v) is 1.30. The first-order chi connectivity index (χ1) is 3.39. The minimum atomic E-state index is 1.62. The van der Waals surface area contributed by atoms with E-state index in [-0.39, 0.29) is 0 Å². The maximum absolute atomic E-state index is 3.58. The minimum absolute atomic E-state index is 1.62. The highest BCUT2D eigenvalue weighted by Crippen LogP contribution is 1.87. The van der Waals surface area contributed by atoms with Gasteiger partial charge in [0.05, 0.1) is 7.05 Å². The van der Waals surface area contributed by atoms with Crippen LogP contribution in [0.4, 0.5) is 0 Å². The van der Waals surface area contributed by atoms with Gasteiger partial charge in [0.15, 0.2) is 0 Å². The Morgan fingerprint density at radius 3 is 2.57 bits per heavy atom. The predicted octanol–water partition coefficient (Wildman–Crippen LogP) is 0.626. The molecule has 2 heteroatoms. The number of hydrogen-bond donors (Lipinski definition) is 1. The Balaban J connectivity index is 2.49. The largest absolute Gasteiger partial charge is 0.306 e. The molecule has 37 valence electrons. The Labute approximate surface area is 43.1 Å². The summed E-state index contributed by atoms with van der Waals surface area (Å²) in [5.41, 5.74) is 2.84. The van der Waals surface area contributed by atoms with Gasteiger partial charge in [-0.25, -0.2) is 0 Å². The Kier molecular flexibility index (Phi) is 1.02. The van der Waals surface area contributed by atoms with Gasteiger partial charge < -0.3 is 5.43 Å². The fourth-order valence-corrected chi connectivity index (χ4v) is 0.391. The first-order valence-corrected chi connectivity index (χ1v) is 2.09. The second-order valence-electron chi connectivity index (χ2n) is 1.30. The normalized spacial score (nSPS) is 17.0. The molecule has 1 aliphatic heterocycles. The number of allylic oxidation sites excluding steroid dienone is 2. The van der Waals surface area contributed by atoms with Crippen molar-refractivity contribution in [3.8, 4) is 0 Å². The maximum Gasteiger partial charge on any atom is 0.0582 e. The summed E-state index contributed by atoms with van der Waals surface area (Å²) >= 11 is 0. The van der Waals surface area contributed by atoms with Crippen LogP contribution in [0.2, 0.25) is 0 Å². The van der Waals surface area contributed by atoms with E-state index in [9.17, 15) is 0 Å². The third kappa shape index (κ3) is 0.961. The highest BCUT2D eigenvalue weighted by Gasteiger charge is 1.83. The topological polar surface area (TPSA) is 15.3 Å². The van der Waals surface area contributed by atoms with E-state index in [2.05, 4.69) is 12.5 Å². The van der Waals surface area contributed by atoms with Crippen molar-refractivity contribution < 1.29 is 0 Å². The van der Waals surface area contributed by atoms with Crippen molar-refractivity contribution in [1.82, 2.24) is 10.4 Å². The molecule has 1 aliphatic rings. The van der Waals surface area contributed by atoms with Crippen LogP contribution in [0.5, 0.6) is 0 Å². The number of nitrogens with zero attached hydrogens (tertiary/aromatic N) is 1. The zero-order valence-corrected chi connectivity index (χ0v) is 3.96. The van der Waals surface area contributed by atoms with Crippen molar-refractivity contribution in [2.75, 3.05) is 0 Å². The van der Waals surface area contributed by atoms with Gasteiger partial charge in [0.2, 0.25) is 0 Å². The molecule has 7 heavy (non-hydrogen) atoms. The molecule has 0 aliphatic carbocycles. The minimum Gasteiger partial charge on any atom is -0.306 e. The lowest BCUT2D eigenvalue weighted by Gasteiger charge is -2.14. The molecule has 0 aromatic carbocycles. The average molecular weight is 95.1 g/mol. The van der Waals surface area contributed by atoms with Crippen molar-refractivity contribution in [1.29, 1.82) is 0 Å². The van der Waals surface area contributed by atoms with E-state index in [0.717, 1.165) is 0 Å². The van der Waals surface area contributed by atoms with E-state index in [0.29, 0.717) is 0 Å². The summed E-state index contributed by atoms with van der Waals surface area (Å²) < 4.78 is 0. The van der Waals surface area contributed by atoms with Crippen molar-refractivity contribution >= 4 is 0 Å². The van der Waals surface area contributed by atoms with Gasteiger partial charge in [-0.15, -0.1) is 0 Å². The van der Waals surface area contributed by atoms with E-state index in [1.807, 2.05) is 24.6 Å². The lowest BCUT2D eigenvalue weighted by atomic mass is 10.5. The van der Waals surface area contributed by atoms with E-state index >= 15 is 0 Å². The molecular weight excluding hydrogens is 88.1 g/mol. The van der Waals surface area contributed by atoms with Crippen molar-refractivity contribution in [2.24, 2.45) is 0 Å². The molecule has 1 heterocycles. The Morgan fingerprint density at radius 1 is 1.43 bits per heavy atom. The Morgan fingerprint density at radius 2 is 2.29 bits per heavy atom. The fourth-order valence-electron chi connectivity index (χ4n) is 0.391. The van der Waals surface area contributed by atoms with Gasteiger partial charge in [-0.3, -0.25) is 5.01 Å². The quantitative estimate of drug-likeness (QED) is 0.474. The summed E-state index contributed by atoms with van der Waals surface area (Å²) in [5, 5.41) is 1.62. The summed E-state index contributed by atoms with van der Waals surface area (Å²) in [5.74, 6) is 0. The lowest BCUT2D eigenvalue weighted by Crippen LogP contribution is -2.23. The van der Waals surface area contributed by atoms with Crippen LogP contribution >= 0.6 is 0 Å². The van der Waals surface area contributed by atoms with Gasteiger partial charge in [0, 0.05) is 12.4 Å². The van der Waals surface area contributed by atoms with Crippen molar-refractivity contribution in [2.45, 2.75) is 0 Å². The maximum atomic E-state index is 3.58. The summed E-state index contributed by atoms with van der Waals surface area (Å²) in [7, 11) is 3.58. The third-order valence-electron chi connectivity index (χ3n) is 0.714. The molecule has 0 unspecified atom stereocenters. The summed E-state index contributed by atoms with van der Waals surface area (Å²) in [6.45, 7) is 0. The van der Waals surface area contributed by atoms with Crippen molar-refractivity contribution in [3.05, 3.63) is 31.6 Å². The highest BCUT2D eigenvalue weighted by molar-refractivity contribution is 5.04. The molecule has 0 spiro atoms. The van der Waals surface area contributed by atoms with Gasteiger partial charge in [0.1, 0.15) is 0 Å². The van der Waals surface area contributed by atoms with Gasteiger partial charge in [-0.1, -0.05) is 0 Å². The first kappa shape index (κ1) is 4.24. The first-order valence-electron chi connectivity index (χ1n) is 2.09. The molecule has 2 nitrogen and oxygen atoms in total. The van der Waals surface area contributed by atoms with E-state index in [1.165, 1.54) is 0 Å². The van der Waals surface area contributed by atoms with Crippen LogP contribution in [0.15, 0.2) is 24.6 Å². The van der Waals surface area contributed by atoms with E-state index in [4.69, 9.17) is 0 Å². The molecular formula is C5H7N2. The van der Waals surface area contributed by atoms with Gasteiger partial charge in [-0.2, -0.15) is 0 Å². The van der Waals surface area contributed by atoms with Gasteiger partial charge in [-0.05, 0) is 12.2 Å². The average Bonchev–Trinajstić information content (AvgIpc) is 1.69. The molecule has 0 amide bonds. The molecule has 0 aromatic rings.